The number of fused-ring (bicyclic) bond motifs is 1. The molecule has 26 heavy (non-hydrogen) atoms. The molecule has 1 heterocycles. The fourth-order valence-electron chi connectivity index (χ4n) is 2.88. The van der Waals surface area contributed by atoms with Crippen molar-refractivity contribution in [1.82, 2.24) is 15.1 Å². The van der Waals surface area contributed by atoms with Gasteiger partial charge in [0.1, 0.15) is 0 Å². The largest absolute Gasteiger partial charge is 0.351 e. The number of carbonyl (C=O) groups excluding carboxylic acids is 1. The van der Waals surface area contributed by atoms with Gasteiger partial charge in [0.05, 0.1) is 17.6 Å². The van der Waals surface area contributed by atoms with Crippen molar-refractivity contribution in [2.75, 3.05) is 0 Å². The third kappa shape index (κ3) is 3.99. The maximum absolute atomic E-state index is 12.8. The van der Waals surface area contributed by atoms with Crippen LogP contribution in [0.25, 0.3) is 22.0 Å². The van der Waals surface area contributed by atoms with Gasteiger partial charge < -0.3 is 5.32 Å². The van der Waals surface area contributed by atoms with Crippen molar-refractivity contribution in [3.63, 3.8) is 0 Å². The maximum atomic E-state index is 12.8. The predicted octanol–water partition coefficient (Wildman–Crippen LogP) is 3.37. The molecular weight excluding hydrogens is 326 g/mol. The molecular formula is C21H23N3O2. The van der Waals surface area contributed by atoms with Crippen LogP contribution in [0, 0.1) is 0 Å². The molecule has 0 atom stereocenters. The van der Waals surface area contributed by atoms with Gasteiger partial charge in [-0.25, -0.2) is 4.68 Å². The van der Waals surface area contributed by atoms with Gasteiger partial charge in [-0.15, -0.1) is 0 Å². The highest BCUT2D eigenvalue weighted by molar-refractivity contribution is 5.93. The van der Waals surface area contributed by atoms with Gasteiger partial charge >= 0.3 is 0 Å². The van der Waals surface area contributed by atoms with Crippen molar-refractivity contribution in [3.05, 3.63) is 65.0 Å². The second kappa shape index (κ2) is 7.12. The van der Waals surface area contributed by atoms with E-state index in [1.165, 1.54) is 4.68 Å². The number of carbonyl (C=O) groups is 1. The van der Waals surface area contributed by atoms with Gasteiger partial charge in [-0.2, -0.15) is 5.10 Å². The zero-order chi connectivity index (χ0) is 18.7. The number of hydrogen-bond acceptors (Lipinski definition) is 3. The molecule has 0 fully saturated rings. The van der Waals surface area contributed by atoms with Crippen LogP contribution in [0.15, 0.2) is 59.4 Å². The van der Waals surface area contributed by atoms with E-state index in [1.807, 2.05) is 69.3 Å². The molecule has 0 unspecified atom stereocenters. The fourth-order valence-corrected chi connectivity index (χ4v) is 2.88. The Labute approximate surface area is 152 Å². The molecule has 5 heteroatoms. The molecule has 0 saturated carbocycles. The number of amides is 1. The van der Waals surface area contributed by atoms with Crippen LogP contribution >= 0.6 is 0 Å². The second-order valence-corrected chi connectivity index (χ2v) is 7.34. The van der Waals surface area contributed by atoms with Crippen LogP contribution in [0.1, 0.15) is 27.2 Å². The first-order valence-electron chi connectivity index (χ1n) is 8.71. The summed E-state index contributed by atoms with van der Waals surface area (Å²) in [4.78, 5) is 24.9. The average Bonchev–Trinajstić information content (AvgIpc) is 2.60. The molecule has 0 aliphatic heterocycles. The quantitative estimate of drug-likeness (QED) is 0.785. The molecule has 3 aromatic rings. The van der Waals surface area contributed by atoms with Crippen LogP contribution in [-0.4, -0.2) is 21.2 Å². The second-order valence-electron chi connectivity index (χ2n) is 7.34. The minimum Gasteiger partial charge on any atom is -0.351 e. The van der Waals surface area contributed by atoms with Crippen LogP contribution in [0.5, 0.6) is 0 Å². The molecule has 0 aliphatic rings. The van der Waals surface area contributed by atoms with Crippen molar-refractivity contribution in [2.24, 2.45) is 0 Å². The van der Waals surface area contributed by atoms with Gasteiger partial charge in [-0.3, -0.25) is 9.59 Å². The van der Waals surface area contributed by atoms with E-state index in [4.69, 9.17) is 0 Å². The summed E-state index contributed by atoms with van der Waals surface area (Å²) < 4.78 is 1.40. The Balaban J connectivity index is 2.00. The summed E-state index contributed by atoms with van der Waals surface area (Å²) in [5.74, 6) is -0.0966. The number of aryl methyl sites for hydroxylation is 1. The first-order valence-corrected chi connectivity index (χ1v) is 8.71. The standard InChI is InChI=1S/C21H23N3O2/c1-21(2,3)22-18(25)13-14-24-20(26)17-12-8-7-11-16(17)19(23-24)15-9-5-4-6-10-15/h4-12H,13-14H2,1-3H3,(H,22,25). The molecule has 2 aromatic carbocycles. The van der Waals surface area contributed by atoms with E-state index >= 15 is 0 Å². The Kier molecular flexibility index (Phi) is 4.89. The lowest BCUT2D eigenvalue weighted by molar-refractivity contribution is -0.122. The van der Waals surface area contributed by atoms with Gasteiger partial charge in [-0.1, -0.05) is 48.5 Å². The van der Waals surface area contributed by atoms with E-state index in [9.17, 15) is 9.59 Å². The summed E-state index contributed by atoms with van der Waals surface area (Å²) in [7, 11) is 0. The van der Waals surface area contributed by atoms with E-state index in [0.29, 0.717) is 5.39 Å². The lowest BCUT2D eigenvalue weighted by Crippen LogP contribution is -2.41. The monoisotopic (exact) mass is 349 g/mol. The number of benzene rings is 2. The molecule has 0 bridgehead atoms. The van der Waals surface area contributed by atoms with Crippen LogP contribution in [0.2, 0.25) is 0 Å². The van der Waals surface area contributed by atoms with Crippen molar-refractivity contribution in [2.45, 2.75) is 39.3 Å². The Morgan fingerprint density at radius 2 is 1.62 bits per heavy atom. The van der Waals surface area contributed by atoms with Crippen LogP contribution in [0.4, 0.5) is 0 Å². The van der Waals surface area contributed by atoms with Crippen molar-refractivity contribution in [1.29, 1.82) is 0 Å². The lowest BCUT2D eigenvalue weighted by Gasteiger charge is -2.20. The maximum Gasteiger partial charge on any atom is 0.274 e. The van der Waals surface area contributed by atoms with Crippen LogP contribution in [-0.2, 0) is 11.3 Å². The summed E-state index contributed by atoms with van der Waals surface area (Å²) in [6.07, 6.45) is 0.205. The van der Waals surface area contributed by atoms with E-state index in [2.05, 4.69) is 10.4 Å². The molecule has 0 aliphatic carbocycles. The molecule has 3 rings (SSSR count). The number of nitrogens with zero attached hydrogens (tertiary/aromatic N) is 2. The third-order valence-electron chi connectivity index (χ3n) is 3.98. The zero-order valence-corrected chi connectivity index (χ0v) is 15.3. The van der Waals surface area contributed by atoms with E-state index in [-0.39, 0.29) is 30.0 Å². The molecule has 1 aromatic heterocycles. The molecule has 0 radical (unpaired) electrons. The van der Waals surface area contributed by atoms with Crippen LogP contribution in [0.3, 0.4) is 0 Å². The number of rotatable bonds is 4. The van der Waals surface area contributed by atoms with Crippen LogP contribution < -0.4 is 10.9 Å². The van der Waals surface area contributed by atoms with E-state index in [1.54, 1.807) is 6.07 Å². The number of nitrogens with one attached hydrogen (secondary N) is 1. The summed E-state index contributed by atoms with van der Waals surface area (Å²) in [6.45, 7) is 6.03. The SMILES string of the molecule is CC(C)(C)NC(=O)CCn1nc(-c2ccccc2)c2ccccc2c1=O. The van der Waals surface area contributed by atoms with Gasteiger partial charge in [-0.05, 0) is 26.8 Å². The smallest absolute Gasteiger partial charge is 0.274 e. The molecule has 0 spiro atoms. The summed E-state index contributed by atoms with van der Waals surface area (Å²) in [5.41, 5.74) is 1.21. The van der Waals surface area contributed by atoms with Crippen molar-refractivity contribution < 1.29 is 4.79 Å². The molecule has 134 valence electrons. The minimum absolute atomic E-state index is 0.0966. The zero-order valence-electron chi connectivity index (χ0n) is 15.3. The van der Waals surface area contributed by atoms with E-state index < -0.39 is 0 Å². The molecule has 1 N–H and O–H groups in total. The highest BCUT2D eigenvalue weighted by atomic mass is 16.2. The minimum atomic E-state index is -0.298. The first kappa shape index (κ1) is 17.9. The Hall–Kier alpha value is -2.95. The summed E-state index contributed by atoms with van der Waals surface area (Å²) in [6, 6.07) is 17.2. The van der Waals surface area contributed by atoms with Gasteiger partial charge in [0.15, 0.2) is 0 Å². The predicted molar refractivity (Wildman–Crippen MR) is 104 cm³/mol. The lowest BCUT2D eigenvalue weighted by atomic mass is 10.1. The van der Waals surface area contributed by atoms with Gasteiger partial charge in [0.25, 0.3) is 5.56 Å². The normalized spacial score (nSPS) is 11.5. The number of aromatic nitrogens is 2. The highest BCUT2D eigenvalue weighted by Crippen LogP contribution is 2.24. The third-order valence-corrected chi connectivity index (χ3v) is 3.98. The van der Waals surface area contributed by atoms with Crippen molar-refractivity contribution in [3.8, 4) is 11.3 Å². The van der Waals surface area contributed by atoms with Gasteiger partial charge in [0.2, 0.25) is 5.91 Å². The molecule has 1 amide bonds. The number of hydrogen-bond donors (Lipinski definition) is 1. The van der Waals surface area contributed by atoms with Gasteiger partial charge in [0, 0.05) is 22.9 Å². The summed E-state index contributed by atoms with van der Waals surface area (Å²) in [5, 5.41) is 8.90. The molecule has 5 nitrogen and oxygen atoms in total. The Morgan fingerprint density at radius 1 is 1.00 bits per heavy atom. The average molecular weight is 349 g/mol. The Morgan fingerprint density at radius 3 is 2.27 bits per heavy atom. The first-order chi connectivity index (χ1) is 12.3. The van der Waals surface area contributed by atoms with Crippen molar-refractivity contribution >= 4 is 16.7 Å². The molecule has 0 saturated heterocycles. The highest BCUT2D eigenvalue weighted by Gasteiger charge is 2.15. The van der Waals surface area contributed by atoms with E-state index in [0.717, 1.165) is 16.6 Å². The Bertz CT molecular complexity index is 986. The summed E-state index contributed by atoms with van der Waals surface area (Å²) >= 11 is 0. The fraction of sp³-hybridized carbons (Fsp3) is 0.286. The topological polar surface area (TPSA) is 64.0 Å².